The van der Waals surface area contributed by atoms with Crippen LogP contribution in [0.5, 0.6) is 0 Å². The minimum absolute atomic E-state index is 0.882. The van der Waals surface area contributed by atoms with E-state index in [1.54, 1.807) is 0 Å². The number of aromatic nitrogens is 2. The number of hydrogen-bond acceptors (Lipinski definition) is 2. The Labute approximate surface area is 111 Å². The summed E-state index contributed by atoms with van der Waals surface area (Å²) in [6, 6.07) is 15.0. The maximum Gasteiger partial charge on any atom is 0.0998 e. The summed E-state index contributed by atoms with van der Waals surface area (Å²) in [5.41, 5.74) is 3.75. The van der Waals surface area contributed by atoms with Gasteiger partial charge >= 0.3 is 0 Å². The summed E-state index contributed by atoms with van der Waals surface area (Å²) < 4.78 is 2.25. The number of nitrogens with one attached hydrogen (secondary N) is 1. The number of rotatable bonds is 1. The fraction of sp³-hybridized carbons (Fsp3) is 0.188. The van der Waals surface area contributed by atoms with E-state index >= 15 is 0 Å². The van der Waals surface area contributed by atoms with Crippen LogP contribution in [0.4, 0.5) is 0 Å². The average Bonchev–Trinajstić information content (AvgIpc) is 2.90. The molecule has 3 aromatic rings. The van der Waals surface area contributed by atoms with E-state index in [0.29, 0.717) is 0 Å². The highest BCUT2D eigenvalue weighted by Gasteiger charge is 2.16. The Morgan fingerprint density at radius 2 is 1.95 bits per heavy atom. The zero-order valence-corrected chi connectivity index (χ0v) is 10.6. The highest BCUT2D eigenvalue weighted by molar-refractivity contribution is 5.90. The third-order valence-electron chi connectivity index (χ3n) is 3.81. The van der Waals surface area contributed by atoms with Crippen molar-refractivity contribution in [3.63, 3.8) is 0 Å². The Bertz CT molecular complexity index is 737. The maximum atomic E-state index is 4.54. The average molecular weight is 249 g/mol. The molecule has 0 aliphatic carbocycles. The van der Waals surface area contributed by atoms with Gasteiger partial charge in [0.25, 0.3) is 0 Å². The molecule has 0 amide bonds. The Kier molecular flexibility index (Phi) is 2.38. The third kappa shape index (κ3) is 1.66. The molecule has 0 unspecified atom stereocenters. The number of hydrogen-bond donors (Lipinski definition) is 1. The third-order valence-corrected chi connectivity index (χ3v) is 3.81. The Morgan fingerprint density at radius 3 is 2.95 bits per heavy atom. The van der Waals surface area contributed by atoms with E-state index in [4.69, 9.17) is 0 Å². The first-order valence-electron chi connectivity index (χ1n) is 6.67. The lowest BCUT2D eigenvalue weighted by atomic mass is 10.1. The minimum atomic E-state index is 0.882. The predicted octanol–water partition coefficient (Wildman–Crippen LogP) is 2.67. The molecule has 3 nitrogen and oxygen atoms in total. The molecule has 0 spiro atoms. The summed E-state index contributed by atoms with van der Waals surface area (Å²) in [5.74, 6) is 0. The van der Waals surface area contributed by atoms with Crippen LogP contribution in [0.1, 0.15) is 11.4 Å². The standard InChI is InChI=1S/C16H15N3/c1-2-6-13-12(4-1)5-3-7-15(13)19-11-18-14-10-17-9-8-16(14)19/h1-7,11,17H,8-10H2. The van der Waals surface area contributed by atoms with Gasteiger partial charge in [0.05, 0.1) is 17.7 Å². The zero-order valence-electron chi connectivity index (χ0n) is 10.6. The van der Waals surface area contributed by atoms with Crippen molar-refractivity contribution in [2.75, 3.05) is 6.54 Å². The van der Waals surface area contributed by atoms with Crippen molar-refractivity contribution in [2.24, 2.45) is 0 Å². The van der Waals surface area contributed by atoms with Gasteiger partial charge in [0.15, 0.2) is 0 Å². The first-order valence-corrected chi connectivity index (χ1v) is 6.67. The first-order chi connectivity index (χ1) is 9.43. The Hall–Kier alpha value is -2.13. The second kappa shape index (κ2) is 4.21. The fourth-order valence-electron chi connectivity index (χ4n) is 2.86. The Balaban J connectivity index is 1.98. The summed E-state index contributed by atoms with van der Waals surface area (Å²) >= 11 is 0. The van der Waals surface area contributed by atoms with Crippen LogP contribution in [-0.2, 0) is 13.0 Å². The molecule has 4 rings (SSSR count). The summed E-state index contributed by atoms with van der Waals surface area (Å²) in [6.45, 7) is 1.91. The molecule has 0 bridgehead atoms. The molecule has 0 saturated heterocycles. The minimum Gasteiger partial charge on any atom is -0.311 e. The van der Waals surface area contributed by atoms with E-state index in [9.17, 15) is 0 Å². The predicted molar refractivity (Wildman–Crippen MR) is 76.5 cm³/mol. The lowest BCUT2D eigenvalue weighted by molar-refractivity contribution is 0.620. The van der Waals surface area contributed by atoms with Gasteiger partial charge in [-0.3, -0.25) is 0 Å². The van der Waals surface area contributed by atoms with Crippen LogP contribution in [0, 0.1) is 0 Å². The normalized spacial score (nSPS) is 14.5. The van der Waals surface area contributed by atoms with Crippen molar-refractivity contribution in [1.82, 2.24) is 14.9 Å². The van der Waals surface area contributed by atoms with Crippen LogP contribution < -0.4 is 5.32 Å². The second-order valence-electron chi connectivity index (χ2n) is 4.93. The van der Waals surface area contributed by atoms with E-state index < -0.39 is 0 Å². The van der Waals surface area contributed by atoms with Gasteiger partial charge in [-0.05, 0) is 11.5 Å². The summed E-state index contributed by atoms with van der Waals surface area (Å²) in [4.78, 5) is 4.54. The monoisotopic (exact) mass is 249 g/mol. The van der Waals surface area contributed by atoms with Gasteiger partial charge in [-0.1, -0.05) is 36.4 Å². The van der Waals surface area contributed by atoms with E-state index in [1.165, 1.54) is 27.8 Å². The van der Waals surface area contributed by atoms with Crippen LogP contribution in [-0.4, -0.2) is 16.1 Å². The van der Waals surface area contributed by atoms with Gasteiger partial charge in [-0.2, -0.15) is 0 Å². The number of imidazole rings is 1. The number of benzene rings is 2. The quantitative estimate of drug-likeness (QED) is 0.718. The molecule has 1 aliphatic rings. The smallest absolute Gasteiger partial charge is 0.0998 e. The number of nitrogens with zero attached hydrogens (tertiary/aromatic N) is 2. The van der Waals surface area contributed by atoms with Crippen molar-refractivity contribution in [3.05, 3.63) is 60.2 Å². The van der Waals surface area contributed by atoms with E-state index in [0.717, 1.165) is 19.5 Å². The van der Waals surface area contributed by atoms with E-state index in [1.807, 2.05) is 6.33 Å². The highest BCUT2D eigenvalue weighted by Crippen LogP contribution is 2.25. The molecule has 3 heteroatoms. The lowest BCUT2D eigenvalue weighted by Crippen LogP contribution is -2.24. The highest BCUT2D eigenvalue weighted by atomic mass is 15.1. The van der Waals surface area contributed by atoms with Gasteiger partial charge < -0.3 is 9.88 Å². The topological polar surface area (TPSA) is 29.9 Å². The molecule has 1 aromatic heterocycles. The lowest BCUT2D eigenvalue weighted by Gasteiger charge is -2.16. The van der Waals surface area contributed by atoms with E-state index in [-0.39, 0.29) is 0 Å². The summed E-state index contributed by atoms with van der Waals surface area (Å²) in [7, 11) is 0. The van der Waals surface area contributed by atoms with Crippen LogP contribution in [0.15, 0.2) is 48.8 Å². The van der Waals surface area contributed by atoms with Gasteiger partial charge in [-0.25, -0.2) is 4.98 Å². The molecule has 0 atom stereocenters. The van der Waals surface area contributed by atoms with Crippen molar-refractivity contribution < 1.29 is 0 Å². The molecule has 19 heavy (non-hydrogen) atoms. The zero-order chi connectivity index (χ0) is 12.7. The molecule has 0 saturated carbocycles. The van der Waals surface area contributed by atoms with E-state index in [2.05, 4.69) is 57.3 Å². The molecule has 94 valence electrons. The van der Waals surface area contributed by atoms with Gasteiger partial charge in [-0.15, -0.1) is 0 Å². The first kappa shape index (κ1) is 10.8. The number of fused-ring (bicyclic) bond motifs is 2. The summed E-state index contributed by atoms with van der Waals surface area (Å²) in [5, 5.41) is 5.92. The van der Waals surface area contributed by atoms with Crippen molar-refractivity contribution in [2.45, 2.75) is 13.0 Å². The van der Waals surface area contributed by atoms with Crippen molar-refractivity contribution >= 4 is 10.8 Å². The second-order valence-corrected chi connectivity index (χ2v) is 4.93. The van der Waals surface area contributed by atoms with Gasteiger partial charge in [0, 0.05) is 30.6 Å². The van der Waals surface area contributed by atoms with Crippen molar-refractivity contribution in [1.29, 1.82) is 0 Å². The largest absolute Gasteiger partial charge is 0.311 e. The van der Waals surface area contributed by atoms with Crippen molar-refractivity contribution in [3.8, 4) is 5.69 Å². The molecular weight excluding hydrogens is 234 g/mol. The van der Waals surface area contributed by atoms with Crippen LogP contribution in [0.25, 0.3) is 16.5 Å². The molecule has 2 aromatic carbocycles. The van der Waals surface area contributed by atoms with Gasteiger partial charge in [0.2, 0.25) is 0 Å². The molecular formula is C16H15N3. The molecule has 0 fully saturated rings. The summed E-state index contributed by atoms with van der Waals surface area (Å²) in [6.07, 6.45) is 3.00. The fourth-order valence-corrected chi connectivity index (χ4v) is 2.86. The maximum absolute atomic E-state index is 4.54. The molecule has 2 heterocycles. The van der Waals surface area contributed by atoms with Crippen LogP contribution >= 0.6 is 0 Å². The van der Waals surface area contributed by atoms with Gasteiger partial charge in [0.1, 0.15) is 0 Å². The van der Waals surface area contributed by atoms with Crippen LogP contribution in [0.3, 0.4) is 0 Å². The SMILES string of the molecule is c1ccc2c(-n3cnc4c3CCNC4)cccc2c1. The van der Waals surface area contributed by atoms with Crippen LogP contribution in [0.2, 0.25) is 0 Å². The molecule has 1 N–H and O–H groups in total. The Morgan fingerprint density at radius 1 is 1.05 bits per heavy atom. The molecule has 0 radical (unpaired) electrons. The molecule has 1 aliphatic heterocycles.